The van der Waals surface area contributed by atoms with Gasteiger partial charge in [0.15, 0.2) is 0 Å². The van der Waals surface area contributed by atoms with Gasteiger partial charge in [-0.25, -0.2) is 0 Å². The molecule has 288 valence electrons. The Hall–Kier alpha value is -2.00. The van der Waals surface area contributed by atoms with E-state index in [4.69, 9.17) is 23.7 Å². The zero-order valence-corrected chi connectivity index (χ0v) is 32.0. The molecule has 3 fully saturated rings. The Morgan fingerprint density at radius 3 is 1.52 bits per heavy atom. The van der Waals surface area contributed by atoms with Gasteiger partial charge in [-0.1, -0.05) is 90.4 Å². The summed E-state index contributed by atoms with van der Waals surface area (Å²) in [4.78, 5) is 47.1. The van der Waals surface area contributed by atoms with Gasteiger partial charge in [0.05, 0.1) is 30.3 Å². The van der Waals surface area contributed by atoms with E-state index in [0.29, 0.717) is 12.8 Å². The highest BCUT2D eigenvalue weighted by atomic mass is 16.6. The monoisotopic (exact) mass is 707 g/mol. The lowest BCUT2D eigenvalue weighted by Crippen LogP contribution is -2.35. The van der Waals surface area contributed by atoms with E-state index in [1.807, 2.05) is 0 Å². The van der Waals surface area contributed by atoms with Gasteiger partial charge in [-0.2, -0.15) is 0 Å². The van der Waals surface area contributed by atoms with Crippen LogP contribution in [0.25, 0.3) is 0 Å². The lowest BCUT2D eigenvalue weighted by Gasteiger charge is -2.27. The highest BCUT2D eigenvalue weighted by Crippen LogP contribution is 2.36. The van der Waals surface area contributed by atoms with Crippen LogP contribution in [-0.4, -0.2) is 66.4 Å². The van der Waals surface area contributed by atoms with Crippen LogP contribution in [0.4, 0.5) is 0 Å². The van der Waals surface area contributed by atoms with Gasteiger partial charge in [0.25, 0.3) is 0 Å². The molecule has 0 saturated carbocycles. The van der Waals surface area contributed by atoms with Crippen molar-refractivity contribution in [3.8, 4) is 0 Å². The van der Waals surface area contributed by atoms with Gasteiger partial charge in [-0.3, -0.25) is 14.4 Å². The molecule has 0 aromatic rings. The molecule has 0 aromatic heterocycles. The smallest absolute Gasteiger partial charge is 0.309 e. The van der Waals surface area contributed by atoms with Crippen LogP contribution in [0.5, 0.6) is 0 Å². The highest BCUT2D eigenvalue weighted by Gasteiger charge is 2.42. The second-order valence-electron chi connectivity index (χ2n) is 15.4. The minimum absolute atomic E-state index is 0.0172. The van der Waals surface area contributed by atoms with Crippen LogP contribution in [-0.2, 0) is 42.9 Å². The first-order valence-electron chi connectivity index (χ1n) is 20.5. The number of ketones is 1. The molecule has 0 aliphatic carbocycles. The number of carbonyl (C=O) groups is 4. The predicted molar refractivity (Wildman–Crippen MR) is 194 cm³/mol. The number of Topliss-reactive ketones (excluding diaryl/α,β-unsaturated/α-hetero) is 1. The summed E-state index contributed by atoms with van der Waals surface area (Å²) in [5.74, 6) is -0.891. The third kappa shape index (κ3) is 16.6. The van der Waals surface area contributed by atoms with Crippen molar-refractivity contribution in [1.82, 2.24) is 0 Å². The maximum absolute atomic E-state index is 12.0. The van der Waals surface area contributed by atoms with Crippen molar-refractivity contribution in [1.29, 1.82) is 0 Å². The van der Waals surface area contributed by atoms with Gasteiger partial charge in [0.1, 0.15) is 24.1 Å². The Balaban J connectivity index is 1.28. The highest BCUT2D eigenvalue weighted by molar-refractivity contribution is 5.83. The van der Waals surface area contributed by atoms with E-state index in [9.17, 15) is 19.2 Å². The summed E-state index contributed by atoms with van der Waals surface area (Å²) in [6.07, 6.45) is 25.3. The van der Waals surface area contributed by atoms with Crippen LogP contribution >= 0.6 is 0 Å². The molecule has 0 bridgehead atoms. The number of carbonyl (C=O) groups excluding carboxylic acids is 4. The average molecular weight is 707 g/mol. The molecule has 0 spiro atoms. The molecular weight excluding hydrogens is 636 g/mol. The maximum atomic E-state index is 12.0. The number of cyclic esters (lactones) is 1. The molecule has 50 heavy (non-hydrogen) atoms. The van der Waals surface area contributed by atoms with E-state index in [2.05, 4.69) is 6.92 Å². The van der Waals surface area contributed by atoms with Gasteiger partial charge in [0.2, 0.25) is 0 Å². The van der Waals surface area contributed by atoms with Crippen LogP contribution < -0.4 is 0 Å². The van der Waals surface area contributed by atoms with Crippen molar-refractivity contribution in [3.05, 3.63) is 0 Å². The first-order valence-corrected chi connectivity index (χ1v) is 20.5. The summed E-state index contributed by atoms with van der Waals surface area (Å²) >= 11 is 0. The summed E-state index contributed by atoms with van der Waals surface area (Å²) in [5, 5.41) is 0. The van der Waals surface area contributed by atoms with Crippen LogP contribution in [0.2, 0.25) is 0 Å². The molecule has 8 atom stereocenters. The van der Waals surface area contributed by atoms with E-state index in [1.165, 1.54) is 78.6 Å². The van der Waals surface area contributed by atoms with Crippen LogP contribution in [0.1, 0.15) is 188 Å². The topological polar surface area (TPSA) is 114 Å². The van der Waals surface area contributed by atoms with Crippen LogP contribution in [0.15, 0.2) is 0 Å². The quantitative estimate of drug-likeness (QED) is 0.0468. The lowest BCUT2D eigenvalue weighted by molar-refractivity contribution is -0.164. The second-order valence-corrected chi connectivity index (χ2v) is 15.4. The van der Waals surface area contributed by atoms with E-state index in [0.717, 1.165) is 89.9 Å². The van der Waals surface area contributed by atoms with Gasteiger partial charge in [-0.05, 0) is 77.6 Å². The summed E-state index contributed by atoms with van der Waals surface area (Å²) in [5.41, 5.74) is 0. The molecule has 3 aliphatic heterocycles. The van der Waals surface area contributed by atoms with Crippen LogP contribution in [0, 0.1) is 5.92 Å². The van der Waals surface area contributed by atoms with Gasteiger partial charge in [0, 0.05) is 20.3 Å². The Labute approximate surface area is 303 Å². The van der Waals surface area contributed by atoms with Crippen LogP contribution in [0.3, 0.4) is 0 Å². The third-order valence-electron chi connectivity index (χ3n) is 10.9. The van der Waals surface area contributed by atoms with Crippen molar-refractivity contribution in [2.24, 2.45) is 5.92 Å². The van der Waals surface area contributed by atoms with Crippen molar-refractivity contribution < 1.29 is 42.9 Å². The molecule has 0 N–H and O–H groups in total. The van der Waals surface area contributed by atoms with Gasteiger partial charge >= 0.3 is 17.9 Å². The molecule has 0 amide bonds. The fraction of sp³-hybridized carbons (Fsp3) is 0.902. The average Bonchev–Trinajstić information content (AvgIpc) is 3.82. The summed E-state index contributed by atoms with van der Waals surface area (Å²) in [6, 6.07) is 0. The number of unbranched alkanes of at least 4 members (excludes halogenated alkanes) is 14. The standard InChI is InChI=1S/C41H70O9/c1-5-6-7-8-9-13-16-19-22-35(46-31(3)43)37-24-26-39(49-37)40-27-25-38(50-40)36(47-32(4)44)23-20-17-14-11-10-12-15-18-21-34-29-33(28-30(2)42)41(45)48-34/h33-40H,5-29H2,1-4H3/t33-,34-,35+,36-,37-,38-,39-,40-/m1/s1. The number of hydrogen-bond donors (Lipinski definition) is 0. The SMILES string of the molecule is CCCCCCCCCC[C@H](OC(C)=O)[C@H]1CC[C@H]([C@H]2CC[C@H]([C@@H](CCCCCCCCCC[C@@H]3C[C@@H](CC(C)=O)C(=O)O3)OC(C)=O)O2)O1. The Morgan fingerprint density at radius 2 is 1.08 bits per heavy atom. The molecular formula is C41H70O9. The molecule has 3 aliphatic rings. The van der Waals surface area contributed by atoms with E-state index in [1.54, 1.807) is 0 Å². The first-order chi connectivity index (χ1) is 24.2. The number of ether oxygens (including phenoxy) is 5. The zero-order chi connectivity index (χ0) is 36.1. The van der Waals surface area contributed by atoms with E-state index in [-0.39, 0.29) is 72.3 Å². The largest absolute Gasteiger partial charge is 0.462 e. The molecule has 3 rings (SSSR count). The third-order valence-corrected chi connectivity index (χ3v) is 10.9. The van der Waals surface area contributed by atoms with E-state index >= 15 is 0 Å². The molecule has 9 heteroatoms. The Morgan fingerprint density at radius 1 is 0.640 bits per heavy atom. The normalized spacial score (nSPS) is 26.1. The fourth-order valence-electron chi connectivity index (χ4n) is 8.21. The molecule has 0 unspecified atom stereocenters. The molecule has 0 radical (unpaired) electrons. The first kappa shape index (κ1) is 42.4. The zero-order valence-electron chi connectivity index (χ0n) is 32.0. The second kappa shape index (κ2) is 24.3. The summed E-state index contributed by atoms with van der Waals surface area (Å²) in [6.45, 7) is 6.74. The minimum Gasteiger partial charge on any atom is -0.462 e. The molecule has 0 aromatic carbocycles. The van der Waals surface area contributed by atoms with Crippen molar-refractivity contribution in [3.63, 3.8) is 0 Å². The number of esters is 3. The van der Waals surface area contributed by atoms with E-state index < -0.39 is 0 Å². The molecule has 3 heterocycles. The van der Waals surface area contributed by atoms with Crippen molar-refractivity contribution in [2.75, 3.05) is 0 Å². The fourth-order valence-corrected chi connectivity index (χ4v) is 8.21. The predicted octanol–water partition coefficient (Wildman–Crippen LogP) is 9.29. The maximum Gasteiger partial charge on any atom is 0.309 e. The Kier molecular flexibility index (Phi) is 20.6. The summed E-state index contributed by atoms with van der Waals surface area (Å²) in [7, 11) is 0. The van der Waals surface area contributed by atoms with Gasteiger partial charge in [-0.15, -0.1) is 0 Å². The Bertz CT molecular complexity index is 999. The van der Waals surface area contributed by atoms with Gasteiger partial charge < -0.3 is 28.5 Å². The molecule has 9 nitrogen and oxygen atoms in total. The number of hydrogen-bond acceptors (Lipinski definition) is 9. The minimum atomic E-state index is -0.258. The van der Waals surface area contributed by atoms with Crippen molar-refractivity contribution in [2.45, 2.75) is 231 Å². The van der Waals surface area contributed by atoms with Crippen molar-refractivity contribution >= 4 is 23.7 Å². The molecule has 3 saturated heterocycles. The number of rotatable bonds is 27. The lowest BCUT2D eigenvalue weighted by atomic mass is 9.96. The summed E-state index contributed by atoms with van der Waals surface area (Å²) < 4.78 is 30.0.